The predicted octanol–water partition coefficient (Wildman–Crippen LogP) is 1.35. The van der Waals surface area contributed by atoms with E-state index in [2.05, 4.69) is 20.2 Å². The highest BCUT2D eigenvalue weighted by atomic mass is 31.2. The van der Waals surface area contributed by atoms with Gasteiger partial charge in [-0.3, -0.25) is 28.6 Å². The topological polar surface area (TPSA) is 219 Å². The zero-order chi connectivity index (χ0) is 30.4. The molecule has 0 unspecified atom stereocenters. The first kappa shape index (κ1) is 33.3. The Morgan fingerprint density at radius 3 is 2.17 bits per heavy atom. The van der Waals surface area contributed by atoms with E-state index in [-0.39, 0.29) is 0 Å². The third kappa shape index (κ3) is 8.30. The van der Waals surface area contributed by atoms with E-state index in [1.807, 2.05) is 0 Å². The molecule has 40 heavy (non-hydrogen) atoms. The van der Waals surface area contributed by atoms with Crippen LogP contribution in [0.4, 0.5) is 4.39 Å². The number of allylic oxidation sites excluding steroid dienone is 1. The first-order chi connectivity index (χ1) is 18.5. The normalized spacial score (nSPS) is 26.6. The molecule has 2 heterocycles. The van der Waals surface area contributed by atoms with Crippen molar-refractivity contribution in [3.8, 4) is 0 Å². The van der Waals surface area contributed by atoms with Crippen LogP contribution in [-0.2, 0) is 42.5 Å². The monoisotopic (exact) mass is 592 g/mol. The summed E-state index contributed by atoms with van der Waals surface area (Å²) in [6.45, 7) is 7.82. The predicted molar refractivity (Wildman–Crippen MR) is 134 cm³/mol. The van der Waals surface area contributed by atoms with Crippen molar-refractivity contribution in [1.29, 1.82) is 0 Å². The summed E-state index contributed by atoms with van der Waals surface area (Å²) in [6.07, 6.45) is -5.91. The minimum absolute atomic E-state index is 0.516. The van der Waals surface area contributed by atoms with Crippen LogP contribution in [0.5, 0.6) is 0 Å². The Bertz CT molecular complexity index is 1080. The Labute approximate surface area is 229 Å². The molecule has 0 aliphatic carbocycles. The van der Waals surface area contributed by atoms with Gasteiger partial charge in [0, 0.05) is 11.1 Å². The van der Waals surface area contributed by atoms with Crippen LogP contribution >= 0.6 is 7.67 Å². The van der Waals surface area contributed by atoms with E-state index in [0.717, 1.165) is 17.2 Å². The molecule has 18 heteroatoms. The van der Waals surface area contributed by atoms with E-state index in [1.54, 1.807) is 27.7 Å². The van der Waals surface area contributed by atoms with Gasteiger partial charge in [-0.15, -0.1) is 0 Å². The number of hydrogen-bond acceptors (Lipinski definition) is 11. The maximum atomic E-state index is 15.4. The highest BCUT2D eigenvalue weighted by Gasteiger charge is 2.59. The van der Waals surface area contributed by atoms with Crippen LogP contribution in [0.25, 0.3) is 10.4 Å². The zero-order valence-corrected chi connectivity index (χ0v) is 23.7. The molecular weight excluding hydrogens is 558 g/mol. The zero-order valence-electron chi connectivity index (χ0n) is 22.8. The average Bonchev–Trinajstić information content (AvgIpc) is 3.07. The second-order valence-electron chi connectivity index (χ2n) is 9.69. The number of nitrogens with one attached hydrogen (secondary N) is 2. The van der Waals surface area contributed by atoms with Gasteiger partial charge in [-0.25, -0.2) is 14.6 Å². The summed E-state index contributed by atoms with van der Waals surface area (Å²) in [5.41, 5.74) is 6.47. The van der Waals surface area contributed by atoms with Gasteiger partial charge >= 0.3 is 19.6 Å². The van der Waals surface area contributed by atoms with Gasteiger partial charge in [-0.2, -0.15) is 0 Å². The lowest BCUT2D eigenvalue weighted by atomic mass is 10.1. The average molecular weight is 593 g/mol. The number of amides is 1. The van der Waals surface area contributed by atoms with Crippen LogP contribution in [0.1, 0.15) is 48.0 Å². The van der Waals surface area contributed by atoms with Gasteiger partial charge in [0.25, 0.3) is 0 Å². The van der Waals surface area contributed by atoms with E-state index < -0.39 is 92.8 Å². The minimum Gasteiger partial charge on any atom is -0.462 e. The molecule has 16 nitrogen and oxygen atoms in total. The molecule has 2 rings (SSSR count). The highest BCUT2D eigenvalue weighted by molar-refractivity contribution is 7.54. The fourth-order valence-electron chi connectivity index (χ4n) is 3.63. The molecule has 0 spiro atoms. The first-order valence-corrected chi connectivity index (χ1v) is 14.0. The van der Waals surface area contributed by atoms with E-state index in [9.17, 15) is 28.8 Å². The Hall–Kier alpha value is -2.91. The number of carbonyl (C=O) groups is 4. The van der Waals surface area contributed by atoms with Gasteiger partial charge in [0.2, 0.25) is 11.6 Å². The molecule has 0 aromatic heterocycles. The van der Waals surface area contributed by atoms with Gasteiger partial charge in [0.05, 0.1) is 25.2 Å². The number of aliphatic hydroxyl groups is 1. The van der Waals surface area contributed by atoms with E-state index >= 15 is 4.39 Å². The summed E-state index contributed by atoms with van der Waals surface area (Å²) in [7, 11) is -4.52. The third-order valence-electron chi connectivity index (χ3n) is 5.46. The van der Waals surface area contributed by atoms with Crippen molar-refractivity contribution < 1.29 is 52.0 Å². The Morgan fingerprint density at radius 2 is 1.73 bits per heavy atom. The van der Waals surface area contributed by atoms with Crippen molar-refractivity contribution in [2.45, 2.75) is 96.5 Å². The molecule has 2 aliphatic rings. The number of halogens is 1. The molecule has 1 saturated heterocycles. The molecule has 3 N–H and O–H groups in total. The third-order valence-corrected chi connectivity index (χ3v) is 7.41. The van der Waals surface area contributed by atoms with Gasteiger partial charge in [0.15, 0.2) is 18.2 Å². The molecule has 0 saturated carbocycles. The number of nitrogens with zero attached hydrogens (tertiary/aromatic N) is 4. The van der Waals surface area contributed by atoms with Gasteiger partial charge < -0.3 is 23.8 Å². The number of rotatable bonds is 13. The van der Waals surface area contributed by atoms with E-state index in [4.69, 9.17) is 24.3 Å². The highest BCUT2D eigenvalue weighted by Crippen LogP contribution is 2.44. The van der Waals surface area contributed by atoms with Crippen LogP contribution in [0.2, 0.25) is 0 Å². The number of alkyl halides is 1. The van der Waals surface area contributed by atoms with E-state index in [0.29, 0.717) is 0 Å². The van der Waals surface area contributed by atoms with Crippen molar-refractivity contribution in [1.82, 2.24) is 15.1 Å². The lowest BCUT2D eigenvalue weighted by Gasteiger charge is -2.32. The first-order valence-electron chi connectivity index (χ1n) is 12.3. The SMILES string of the molecule is CC(C)OC(=O)[C@H](C)NP(=O)(N[C@@H](C)C(=O)OC(C)C)OC[C@@]1(N=[N+]=[N-])O[C@@H](N2C=CC(=O)CC2=O)[C@H](O)[C@@H]1F. The van der Waals surface area contributed by atoms with Crippen LogP contribution in [0.3, 0.4) is 0 Å². The number of ketones is 1. The number of aliphatic hydroxyl groups excluding tert-OH is 1. The smallest absolute Gasteiger partial charge is 0.342 e. The van der Waals surface area contributed by atoms with Gasteiger partial charge in [0.1, 0.15) is 18.2 Å². The molecular formula is C22H34FN6O10P. The van der Waals surface area contributed by atoms with E-state index in [1.165, 1.54) is 13.8 Å². The second-order valence-corrected chi connectivity index (χ2v) is 11.6. The number of hydrogen-bond donors (Lipinski definition) is 3. The molecule has 1 fully saturated rings. The second kappa shape index (κ2) is 13.6. The van der Waals surface area contributed by atoms with Crippen LogP contribution in [0, 0.1) is 0 Å². The van der Waals surface area contributed by atoms with Crippen molar-refractivity contribution in [3.05, 3.63) is 22.7 Å². The number of azide groups is 1. The van der Waals surface area contributed by atoms with Crippen molar-refractivity contribution >= 4 is 31.3 Å². The largest absolute Gasteiger partial charge is 0.462 e. The summed E-state index contributed by atoms with van der Waals surface area (Å²) in [6, 6.07) is -2.55. The van der Waals surface area contributed by atoms with Crippen molar-refractivity contribution in [2.75, 3.05) is 6.61 Å². The summed E-state index contributed by atoms with van der Waals surface area (Å²) in [4.78, 5) is 51.8. The van der Waals surface area contributed by atoms with Crippen molar-refractivity contribution in [3.63, 3.8) is 0 Å². The molecule has 224 valence electrons. The Balaban J connectivity index is 2.35. The molecule has 0 radical (unpaired) electrons. The van der Waals surface area contributed by atoms with Crippen LogP contribution in [0.15, 0.2) is 17.4 Å². The number of esters is 2. The lowest BCUT2D eigenvalue weighted by molar-refractivity contribution is -0.157. The van der Waals surface area contributed by atoms with Crippen LogP contribution < -0.4 is 10.2 Å². The molecule has 1 amide bonds. The summed E-state index contributed by atoms with van der Waals surface area (Å²) >= 11 is 0. The quantitative estimate of drug-likeness (QED) is 0.0689. The maximum absolute atomic E-state index is 15.4. The van der Waals surface area contributed by atoms with Crippen LogP contribution in [-0.4, -0.2) is 88.8 Å². The number of carbonyl (C=O) groups excluding carboxylic acids is 4. The standard InChI is InChI=1S/C22H34FN6O10P/c1-11(2)37-20(33)13(5)25-40(35,26-14(6)21(34)38-12(3)4)36-10-22(27-28-24)18(23)17(32)19(39-22)29-8-7-15(30)9-16(29)31/h7-8,11-14,17-19,32H,9-10H2,1-6H3,(H2,25,26,35)/t13-,14-,17+,18-,19+,22+/m0/s1. The summed E-state index contributed by atoms with van der Waals surface area (Å²) in [5.74, 6) is -3.00. The Morgan fingerprint density at radius 1 is 1.20 bits per heavy atom. The summed E-state index contributed by atoms with van der Waals surface area (Å²) in [5, 5.41) is 18.6. The molecule has 0 bridgehead atoms. The lowest BCUT2D eigenvalue weighted by Crippen LogP contribution is -2.46. The van der Waals surface area contributed by atoms with Gasteiger partial charge in [-0.1, -0.05) is 5.11 Å². The minimum atomic E-state index is -4.52. The molecule has 0 aromatic rings. The Kier molecular flexibility index (Phi) is 11.3. The summed E-state index contributed by atoms with van der Waals surface area (Å²) < 4.78 is 50.3. The maximum Gasteiger partial charge on any atom is 0.342 e. The van der Waals surface area contributed by atoms with Gasteiger partial charge in [-0.05, 0) is 53.1 Å². The molecule has 6 atom stereocenters. The molecule has 0 aromatic carbocycles. The fraction of sp³-hybridized carbons (Fsp3) is 0.727. The fourth-order valence-corrected chi connectivity index (χ4v) is 5.45. The molecule has 2 aliphatic heterocycles. The van der Waals surface area contributed by atoms with Crippen molar-refractivity contribution in [2.24, 2.45) is 5.11 Å². The number of ether oxygens (including phenoxy) is 3.